The average molecular weight is 302 g/mol. The molecular formula is C17H16ClNO2. The molecule has 2 aromatic carbocycles. The molecule has 1 aromatic heterocycles. The Morgan fingerprint density at radius 2 is 1.76 bits per heavy atom. The lowest BCUT2D eigenvalue weighted by Crippen LogP contribution is -2.21. The van der Waals surface area contributed by atoms with Crippen LogP contribution in [-0.4, -0.2) is 11.7 Å². The molecule has 0 spiro atoms. The third kappa shape index (κ3) is 3.10. The van der Waals surface area contributed by atoms with Gasteiger partial charge < -0.3 is 14.8 Å². The molecule has 0 radical (unpaired) electrons. The highest BCUT2D eigenvalue weighted by molar-refractivity contribution is 6.30. The standard InChI is InChI=1S/C17H16ClNO2/c18-17-14(13-8-4-5-9-16(13)21-17)10-19-11-15(20)12-6-2-1-3-7-12/h1-9,15,19-20H,10-11H2. The second kappa shape index (κ2) is 6.31. The van der Waals surface area contributed by atoms with Gasteiger partial charge in [-0.3, -0.25) is 0 Å². The molecule has 0 aliphatic heterocycles. The fourth-order valence-corrected chi connectivity index (χ4v) is 2.61. The van der Waals surface area contributed by atoms with E-state index in [1.54, 1.807) is 0 Å². The van der Waals surface area contributed by atoms with Gasteiger partial charge in [0.15, 0.2) is 5.22 Å². The molecule has 2 N–H and O–H groups in total. The Balaban J connectivity index is 1.66. The van der Waals surface area contributed by atoms with E-state index >= 15 is 0 Å². The number of para-hydroxylation sites is 1. The molecule has 0 aliphatic carbocycles. The highest BCUT2D eigenvalue weighted by atomic mass is 35.5. The first-order valence-electron chi connectivity index (χ1n) is 6.85. The van der Waals surface area contributed by atoms with E-state index in [1.165, 1.54) is 0 Å². The van der Waals surface area contributed by atoms with Crippen molar-refractivity contribution in [1.29, 1.82) is 0 Å². The molecule has 0 saturated heterocycles. The summed E-state index contributed by atoms with van der Waals surface area (Å²) in [5.74, 6) is 0. The zero-order chi connectivity index (χ0) is 14.7. The molecule has 4 heteroatoms. The predicted molar refractivity (Wildman–Crippen MR) is 84.3 cm³/mol. The van der Waals surface area contributed by atoms with E-state index < -0.39 is 6.10 Å². The van der Waals surface area contributed by atoms with Gasteiger partial charge in [0.25, 0.3) is 0 Å². The summed E-state index contributed by atoms with van der Waals surface area (Å²) in [5, 5.41) is 14.7. The molecule has 3 aromatic rings. The maximum Gasteiger partial charge on any atom is 0.199 e. The van der Waals surface area contributed by atoms with Crippen molar-refractivity contribution in [3.63, 3.8) is 0 Å². The molecule has 1 heterocycles. The fraction of sp³-hybridized carbons (Fsp3) is 0.176. The van der Waals surface area contributed by atoms with Gasteiger partial charge in [-0.05, 0) is 23.2 Å². The number of rotatable bonds is 5. The Hall–Kier alpha value is -1.81. The average Bonchev–Trinajstić information content (AvgIpc) is 2.84. The topological polar surface area (TPSA) is 45.4 Å². The summed E-state index contributed by atoms with van der Waals surface area (Å²) in [5.41, 5.74) is 2.60. The van der Waals surface area contributed by atoms with Crippen LogP contribution < -0.4 is 5.32 Å². The number of hydrogen-bond donors (Lipinski definition) is 2. The van der Waals surface area contributed by atoms with Crippen LogP contribution >= 0.6 is 11.6 Å². The van der Waals surface area contributed by atoms with Gasteiger partial charge in [-0.1, -0.05) is 48.5 Å². The lowest BCUT2D eigenvalue weighted by Gasteiger charge is -2.11. The fourth-order valence-electron chi connectivity index (χ4n) is 2.36. The van der Waals surface area contributed by atoms with E-state index in [2.05, 4.69) is 5.32 Å². The molecular weight excluding hydrogens is 286 g/mol. The maximum atomic E-state index is 10.1. The number of benzene rings is 2. The summed E-state index contributed by atoms with van der Waals surface area (Å²) in [6.45, 7) is 1.01. The first-order valence-corrected chi connectivity index (χ1v) is 7.23. The van der Waals surface area contributed by atoms with Crippen molar-refractivity contribution < 1.29 is 9.52 Å². The highest BCUT2D eigenvalue weighted by Crippen LogP contribution is 2.29. The SMILES string of the molecule is OC(CNCc1c(Cl)oc2ccccc12)c1ccccc1. The van der Waals surface area contributed by atoms with Crippen LogP contribution in [0.15, 0.2) is 59.0 Å². The third-order valence-corrected chi connectivity index (χ3v) is 3.78. The molecule has 21 heavy (non-hydrogen) atoms. The van der Waals surface area contributed by atoms with Crippen molar-refractivity contribution in [2.24, 2.45) is 0 Å². The van der Waals surface area contributed by atoms with Crippen molar-refractivity contribution >= 4 is 22.6 Å². The van der Waals surface area contributed by atoms with Crippen LogP contribution in [0.3, 0.4) is 0 Å². The minimum absolute atomic E-state index is 0.401. The molecule has 1 atom stereocenters. The minimum Gasteiger partial charge on any atom is -0.444 e. The molecule has 3 rings (SSSR count). The second-order valence-electron chi connectivity index (χ2n) is 4.91. The summed E-state index contributed by atoms with van der Waals surface area (Å²) in [7, 11) is 0. The monoisotopic (exact) mass is 301 g/mol. The molecule has 0 fully saturated rings. The molecule has 108 valence electrons. The largest absolute Gasteiger partial charge is 0.444 e. The van der Waals surface area contributed by atoms with Crippen LogP contribution in [0.5, 0.6) is 0 Å². The van der Waals surface area contributed by atoms with Gasteiger partial charge in [0.1, 0.15) is 5.58 Å². The van der Waals surface area contributed by atoms with Crippen molar-refractivity contribution in [2.45, 2.75) is 12.6 Å². The first kappa shape index (κ1) is 14.1. The number of furan rings is 1. The van der Waals surface area contributed by atoms with Crippen LogP contribution in [0.1, 0.15) is 17.2 Å². The Labute approximate surface area is 128 Å². The van der Waals surface area contributed by atoms with E-state index in [1.807, 2.05) is 54.6 Å². The maximum absolute atomic E-state index is 10.1. The van der Waals surface area contributed by atoms with Gasteiger partial charge in [-0.2, -0.15) is 0 Å². The number of fused-ring (bicyclic) bond motifs is 1. The lowest BCUT2D eigenvalue weighted by molar-refractivity contribution is 0.174. The van der Waals surface area contributed by atoms with Crippen LogP contribution in [0, 0.1) is 0 Å². The summed E-state index contributed by atoms with van der Waals surface area (Å²) in [6.07, 6.45) is -0.539. The van der Waals surface area contributed by atoms with Crippen molar-refractivity contribution in [1.82, 2.24) is 5.32 Å². The highest BCUT2D eigenvalue weighted by Gasteiger charge is 2.12. The summed E-state index contributed by atoms with van der Waals surface area (Å²) >= 11 is 6.13. The number of aliphatic hydroxyl groups excluding tert-OH is 1. The van der Waals surface area contributed by atoms with Crippen LogP contribution in [0.4, 0.5) is 0 Å². The zero-order valence-corrected chi connectivity index (χ0v) is 12.2. The number of halogens is 1. The zero-order valence-electron chi connectivity index (χ0n) is 11.4. The summed E-state index contributed by atoms with van der Waals surface area (Å²) < 4.78 is 5.50. The molecule has 0 amide bonds. The normalized spacial score (nSPS) is 12.7. The molecule has 0 bridgehead atoms. The van der Waals surface area contributed by atoms with Crippen molar-refractivity contribution in [2.75, 3.05) is 6.54 Å². The van der Waals surface area contributed by atoms with Crippen LogP contribution in [0.25, 0.3) is 11.0 Å². The van der Waals surface area contributed by atoms with Gasteiger partial charge in [-0.25, -0.2) is 0 Å². The van der Waals surface area contributed by atoms with E-state index in [4.69, 9.17) is 16.0 Å². The molecule has 1 unspecified atom stereocenters. The van der Waals surface area contributed by atoms with Crippen molar-refractivity contribution in [3.8, 4) is 0 Å². The van der Waals surface area contributed by atoms with Gasteiger partial charge in [0, 0.05) is 24.0 Å². The molecule has 3 nitrogen and oxygen atoms in total. The Morgan fingerprint density at radius 3 is 2.57 bits per heavy atom. The number of nitrogens with one attached hydrogen (secondary N) is 1. The van der Waals surface area contributed by atoms with Crippen molar-refractivity contribution in [3.05, 3.63) is 70.9 Å². The number of hydrogen-bond acceptors (Lipinski definition) is 3. The summed E-state index contributed by atoms with van der Waals surface area (Å²) in [6, 6.07) is 17.3. The predicted octanol–water partition coefficient (Wildman–Crippen LogP) is 3.91. The van der Waals surface area contributed by atoms with Gasteiger partial charge in [0.05, 0.1) is 6.10 Å². The smallest absolute Gasteiger partial charge is 0.199 e. The van der Waals surface area contributed by atoms with Gasteiger partial charge in [-0.15, -0.1) is 0 Å². The quantitative estimate of drug-likeness (QED) is 0.751. The Kier molecular flexibility index (Phi) is 4.25. The van der Waals surface area contributed by atoms with E-state index in [9.17, 15) is 5.11 Å². The van der Waals surface area contributed by atoms with Gasteiger partial charge >= 0.3 is 0 Å². The van der Waals surface area contributed by atoms with Crippen LogP contribution in [-0.2, 0) is 6.54 Å². The second-order valence-corrected chi connectivity index (χ2v) is 5.25. The number of aliphatic hydroxyl groups is 1. The van der Waals surface area contributed by atoms with E-state index in [0.717, 1.165) is 22.1 Å². The Morgan fingerprint density at radius 1 is 1.05 bits per heavy atom. The Bertz CT molecular complexity index is 724. The minimum atomic E-state index is -0.539. The third-order valence-electron chi connectivity index (χ3n) is 3.47. The first-order chi connectivity index (χ1) is 10.3. The van der Waals surface area contributed by atoms with E-state index in [0.29, 0.717) is 18.3 Å². The van der Waals surface area contributed by atoms with Crippen LogP contribution in [0.2, 0.25) is 5.22 Å². The van der Waals surface area contributed by atoms with E-state index in [-0.39, 0.29) is 0 Å². The summed E-state index contributed by atoms with van der Waals surface area (Å²) in [4.78, 5) is 0. The lowest BCUT2D eigenvalue weighted by atomic mass is 10.1. The molecule has 0 aliphatic rings. The molecule has 0 saturated carbocycles. The van der Waals surface area contributed by atoms with Gasteiger partial charge in [0.2, 0.25) is 0 Å².